The molecule has 138 valence electrons. The lowest BCUT2D eigenvalue weighted by molar-refractivity contribution is -0.131. The molecular weight excluding hydrogens is 344 g/mol. The van der Waals surface area contributed by atoms with Crippen LogP contribution in [0.5, 0.6) is 0 Å². The first-order valence-corrected chi connectivity index (χ1v) is 8.49. The van der Waals surface area contributed by atoms with E-state index in [4.69, 9.17) is 0 Å². The fourth-order valence-corrected chi connectivity index (χ4v) is 2.80. The Bertz CT molecular complexity index is 1040. The average Bonchev–Trinajstić information content (AvgIpc) is 2.70. The van der Waals surface area contributed by atoms with E-state index in [1.54, 1.807) is 49.3 Å². The Morgan fingerprint density at radius 2 is 1.81 bits per heavy atom. The maximum Gasteiger partial charge on any atom is 0.251 e. The molecule has 0 fully saturated rings. The maximum atomic E-state index is 12.6. The zero-order chi connectivity index (χ0) is 19.4. The number of hydrogen-bond acceptors (Lipinski definition) is 4. The summed E-state index contributed by atoms with van der Waals surface area (Å²) in [5.74, 6) is -0.283. The number of likely N-dealkylation sites (N-methyl/N-ethyl adjacent to an activating group) is 1. The summed E-state index contributed by atoms with van der Waals surface area (Å²) in [6, 6.07) is 14.2. The predicted molar refractivity (Wildman–Crippen MR) is 102 cm³/mol. The molecule has 0 radical (unpaired) electrons. The van der Waals surface area contributed by atoms with Crippen LogP contribution in [0.2, 0.25) is 0 Å². The third kappa shape index (κ3) is 4.03. The molecule has 0 spiro atoms. The Balaban J connectivity index is 1.72. The lowest BCUT2D eigenvalue weighted by Gasteiger charge is -2.18. The van der Waals surface area contributed by atoms with Gasteiger partial charge in [-0.2, -0.15) is 5.10 Å². The fraction of sp³-hybridized carbons (Fsp3) is 0.200. The molecule has 0 bridgehead atoms. The smallest absolute Gasteiger partial charge is 0.251 e. The molecule has 0 atom stereocenters. The Morgan fingerprint density at radius 1 is 1.11 bits per heavy atom. The third-order valence-corrected chi connectivity index (χ3v) is 4.34. The molecule has 0 saturated carbocycles. The van der Waals surface area contributed by atoms with E-state index in [1.807, 2.05) is 18.2 Å². The van der Waals surface area contributed by atoms with Gasteiger partial charge in [-0.3, -0.25) is 19.1 Å². The van der Waals surface area contributed by atoms with Gasteiger partial charge in [-0.1, -0.05) is 24.3 Å². The van der Waals surface area contributed by atoms with Crippen molar-refractivity contribution in [3.63, 3.8) is 0 Å². The number of para-hydroxylation sites is 1. The molecule has 2 aromatic carbocycles. The van der Waals surface area contributed by atoms with E-state index in [-0.39, 0.29) is 23.8 Å². The van der Waals surface area contributed by atoms with Crippen LogP contribution in [0.3, 0.4) is 0 Å². The summed E-state index contributed by atoms with van der Waals surface area (Å²) in [5.41, 5.74) is 1.94. The maximum absolute atomic E-state index is 12.6. The molecule has 1 aromatic heterocycles. The van der Waals surface area contributed by atoms with Crippen molar-refractivity contribution >= 4 is 22.7 Å². The first-order valence-electron chi connectivity index (χ1n) is 8.49. The van der Waals surface area contributed by atoms with Gasteiger partial charge in [-0.25, -0.2) is 0 Å². The number of aromatic nitrogens is 2. The standard InChI is InChI=1S/C20H20N4O3/c1-21-20(27)15-9-7-14(8-10-15)12-23(2)19(26)13-24-17-6-4-3-5-16(17)18(25)11-22-24/h3-11H,12-13H2,1-2H3,(H,21,27). The second kappa shape index (κ2) is 7.82. The van der Waals surface area contributed by atoms with Crippen LogP contribution in [0.1, 0.15) is 15.9 Å². The van der Waals surface area contributed by atoms with Gasteiger partial charge in [0.1, 0.15) is 6.54 Å². The number of nitrogens with zero attached hydrogens (tertiary/aromatic N) is 3. The topological polar surface area (TPSA) is 84.3 Å². The van der Waals surface area contributed by atoms with Crippen molar-refractivity contribution < 1.29 is 9.59 Å². The molecule has 0 aliphatic carbocycles. The van der Waals surface area contributed by atoms with E-state index in [9.17, 15) is 14.4 Å². The fourth-order valence-electron chi connectivity index (χ4n) is 2.80. The Morgan fingerprint density at radius 3 is 2.52 bits per heavy atom. The Kier molecular flexibility index (Phi) is 5.30. The summed E-state index contributed by atoms with van der Waals surface area (Å²) >= 11 is 0. The van der Waals surface area contributed by atoms with Gasteiger partial charge in [0.2, 0.25) is 11.3 Å². The van der Waals surface area contributed by atoms with E-state index in [1.165, 1.54) is 10.9 Å². The monoisotopic (exact) mass is 364 g/mol. The van der Waals surface area contributed by atoms with Gasteiger partial charge in [0, 0.05) is 31.6 Å². The van der Waals surface area contributed by atoms with E-state index < -0.39 is 0 Å². The number of nitrogens with one attached hydrogen (secondary N) is 1. The highest BCUT2D eigenvalue weighted by atomic mass is 16.2. The third-order valence-electron chi connectivity index (χ3n) is 4.34. The molecule has 3 aromatic rings. The summed E-state index contributed by atoms with van der Waals surface area (Å²) in [5, 5.41) is 7.19. The normalized spacial score (nSPS) is 10.6. The lowest BCUT2D eigenvalue weighted by Crippen LogP contribution is -2.31. The highest BCUT2D eigenvalue weighted by Crippen LogP contribution is 2.10. The molecular formula is C20H20N4O3. The van der Waals surface area contributed by atoms with Gasteiger partial charge in [-0.05, 0) is 29.8 Å². The van der Waals surface area contributed by atoms with Crippen molar-refractivity contribution in [2.45, 2.75) is 13.1 Å². The van der Waals surface area contributed by atoms with E-state index >= 15 is 0 Å². The summed E-state index contributed by atoms with van der Waals surface area (Å²) in [6.07, 6.45) is 1.23. The first kappa shape index (κ1) is 18.3. The number of carbonyl (C=O) groups is 2. The van der Waals surface area contributed by atoms with Crippen LogP contribution in [0.15, 0.2) is 59.5 Å². The van der Waals surface area contributed by atoms with Crippen LogP contribution in [0, 0.1) is 0 Å². The molecule has 27 heavy (non-hydrogen) atoms. The summed E-state index contributed by atoms with van der Waals surface area (Å²) in [6.45, 7) is 0.443. The predicted octanol–water partition coefficient (Wildman–Crippen LogP) is 1.41. The van der Waals surface area contributed by atoms with Gasteiger partial charge in [-0.15, -0.1) is 0 Å². The van der Waals surface area contributed by atoms with Crippen molar-refractivity contribution in [2.24, 2.45) is 0 Å². The second-order valence-corrected chi connectivity index (χ2v) is 6.21. The number of hydrogen-bond donors (Lipinski definition) is 1. The lowest BCUT2D eigenvalue weighted by atomic mass is 10.1. The quantitative estimate of drug-likeness (QED) is 0.742. The number of rotatable bonds is 5. The molecule has 1 heterocycles. The minimum Gasteiger partial charge on any atom is -0.355 e. The summed E-state index contributed by atoms with van der Waals surface area (Å²) in [4.78, 5) is 37.6. The molecule has 0 aliphatic heterocycles. The van der Waals surface area contributed by atoms with Gasteiger partial charge in [0.25, 0.3) is 5.91 Å². The molecule has 3 rings (SSSR count). The van der Waals surface area contributed by atoms with Crippen LogP contribution in [-0.2, 0) is 17.9 Å². The van der Waals surface area contributed by atoms with Crippen molar-refractivity contribution in [2.75, 3.05) is 14.1 Å². The van der Waals surface area contributed by atoms with Gasteiger partial charge >= 0.3 is 0 Å². The van der Waals surface area contributed by atoms with Crippen LogP contribution in [-0.4, -0.2) is 40.6 Å². The molecule has 0 saturated heterocycles. The highest BCUT2D eigenvalue weighted by molar-refractivity contribution is 5.94. The number of benzene rings is 2. The van der Waals surface area contributed by atoms with E-state index in [2.05, 4.69) is 10.4 Å². The molecule has 7 nitrogen and oxygen atoms in total. The Labute approximate surface area is 156 Å². The van der Waals surface area contributed by atoms with E-state index in [0.29, 0.717) is 23.0 Å². The van der Waals surface area contributed by atoms with Crippen LogP contribution in [0.25, 0.3) is 10.9 Å². The zero-order valence-electron chi connectivity index (χ0n) is 15.2. The number of amides is 2. The second-order valence-electron chi connectivity index (χ2n) is 6.21. The molecule has 0 aliphatic rings. The SMILES string of the molecule is CNC(=O)c1ccc(CN(C)C(=O)Cn2ncc(=O)c3ccccc32)cc1. The largest absolute Gasteiger partial charge is 0.355 e. The Hall–Kier alpha value is -3.48. The number of fused-ring (bicyclic) bond motifs is 1. The zero-order valence-corrected chi connectivity index (χ0v) is 15.2. The molecule has 1 N–H and O–H groups in total. The molecule has 7 heteroatoms. The van der Waals surface area contributed by atoms with Crippen LogP contribution in [0.4, 0.5) is 0 Å². The number of carbonyl (C=O) groups excluding carboxylic acids is 2. The average molecular weight is 364 g/mol. The van der Waals surface area contributed by atoms with Crippen molar-refractivity contribution in [3.05, 3.63) is 76.1 Å². The minimum absolute atomic E-state index is 0.0353. The van der Waals surface area contributed by atoms with Crippen LogP contribution >= 0.6 is 0 Å². The highest BCUT2D eigenvalue weighted by Gasteiger charge is 2.13. The van der Waals surface area contributed by atoms with Gasteiger partial charge < -0.3 is 10.2 Å². The van der Waals surface area contributed by atoms with Crippen molar-refractivity contribution in [3.8, 4) is 0 Å². The first-order chi connectivity index (χ1) is 13.0. The van der Waals surface area contributed by atoms with Crippen molar-refractivity contribution in [1.29, 1.82) is 0 Å². The van der Waals surface area contributed by atoms with Crippen LogP contribution < -0.4 is 10.7 Å². The van der Waals surface area contributed by atoms with Crippen molar-refractivity contribution in [1.82, 2.24) is 20.0 Å². The minimum atomic E-state index is -0.168. The molecule has 0 unspecified atom stereocenters. The van der Waals surface area contributed by atoms with Gasteiger partial charge in [0.15, 0.2) is 0 Å². The summed E-state index contributed by atoms with van der Waals surface area (Å²) in [7, 11) is 3.29. The van der Waals surface area contributed by atoms with E-state index in [0.717, 1.165) is 5.56 Å². The summed E-state index contributed by atoms with van der Waals surface area (Å²) < 4.78 is 1.53. The van der Waals surface area contributed by atoms with Gasteiger partial charge in [0.05, 0.1) is 11.7 Å². The molecule has 2 amide bonds.